The molecule has 3 rings (SSSR count). The average Bonchev–Trinajstić information content (AvgIpc) is 2.74. The average molecular weight is 435 g/mol. The van der Waals surface area contributed by atoms with Gasteiger partial charge in [-0.1, -0.05) is 44.2 Å². The Morgan fingerprint density at radius 3 is 2.23 bits per heavy atom. The van der Waals surface area contributed by atoms with Crippen LogP contribution in [0.15, 0.2) is 48.5 Å². The second kappa shape index (κ2) is 11.1. The number of alkyl halides is 3. The summed E-state index contributed by atoms with van der Waals surface area (Å²) in [7, 11) is 0. The van der Waals surface area contributed by atoms with Crippen molar-refractivity contribution in [2.75, 3.05) is 10.6 Å². The highest BCUT2D eigenvalue weighted by Crippen LogP contribution is 2.28. The number of amides is 1. The number of ether oxygens (including phenoxy) is 1. The lowest BCUT2D eigenvalue weighted by Gasteiger charge is -2.21. The molecule has 2 aromatic rings. The number of hydrogen-bond donors (Lipinski definition) is 2. The molecule has 0 aromatic heterocycles. The van der Waals surface area contributed by atoms with Crippen LogP contribution in [-0.4, -0.2) is 12.3 Å². The van der Waals surface area contributed by atoms with Gasteiger partial charge in [0.15, 0.2) is 0 Å². The SMILES string of the molecule is O=C(CCCC1CCCCC1)Nc1ccc(NCc2ccc(OC(F)(F)F)cc2)cc1. The van der Waals surface area contributed by atoms with E-state index in [2.05, 4.69) is 15.4 Å². The summed E-state index contributed by atoms with van der Waals surface area (Å²) in [6, 6.07) is 13.1. The van der Waals surface area contributed by atoms with Crippen LogP contribution in [0.2, 0.25) is 0 Å². The molecule has 1 amide bonds. The Labute approximate surface area is 181 Å². The van der Waals surface area contributed by atoms with Crippen LogP contribution in [0.25, 0.3) is 0 Å². The van der Waals surface area contributed by atoms with Gasteiger partial charge in [-0.2, -0.15) is 0 Å². The molecule has 7 heteroatoms. The van der Waals surface area contributed by atoms with Crippen molar-refractivity contribution < 1.29 is 22.7 Å². The molecule has 0 radical (unpaired) electrons. The number of hydrogen-bond acceptors (Lipinski definition) is 3. The number of halogens is 3. The van der Waals surface area contributed by atoms with Gasteiger partial charge in [-0.05, 0) is 60.7 Å². The van der Waals surface area contributed by atoms with Gasteiger partial charge in [-0.25, -0.2) is 0 Å². The van der Waals surface area contributed by atoms with Gasteiger partial charge in [-0.15, -0.1) is 13.2 Å². The Morgan fingerprint density at radius 2 is 1.58 bits per heavy atom. The van der Waals surface area contributed by atoms with Crippen molar-refractivity contribution in [3.8, 4) is 5.75 Å². The molecular formula is C24H29F3N2O2. The van der Waals surface area contributed by atoms with Crippen molar-refractivity contribution in [1.82, 2.24) is 0 Å². The minimum absolute atomic E-state index is 0.0395. The van der Waals surface area contributed by atoms with Gasteiger partial charge < -0.3 is 15.4 Å². The Morgan fingerprint density at radius 1 is 0.935 bits per heavy atom. The van der Waals surface area contributed by atoms with Gasteiger partial charge in [0.2, 0.25) is 5.91 Å². The summed E-state index contributed by atoms with van der Waals surface area (Å²) in [5, 5.41) is 6.14. The smallest absolute Gasteiger partial charge is 0.406 e. The second-order valence-corrected chi connectivity index (χ2v) is 8.07. The highest BCUT2D eigenvalue weighted by atomic mass is 19.4. The molecule has 0 spiro atoms. The summed E-state index contributed by atoms with van der Waals surface area (Å²) in [5.41, 5.74) is 2.43. The summed E-state index contributed by atoms with van der Waals surface area (Å²) >= 11 is 0. The molecule has 1 saturated carbocycles. The highest BCUT2D eigenvalue weighted by Gasteiger charge is 2.30. The Hall–Kier alpha value is -2.70. The third-order valence-electron chi connectivity index (χ3n) is 5.56. The fourth-order valence-electron chi connectivity index (χ4n) is 3.94. The molecular weight excluding hydrogens is 405 g/mol. The molecule has 0 bridgehead atoms. The first-order valence-corrected chi connectivity index (χ1v) is 10.9. The largest absolute Gasteiger partial charge is 0.573 e. The van der Waals surface area contributed by atoms with Gasteiger partial charge in [0.1, 0.15) is 5.75 Å². The van der Waals surface area contributed by atoms with Gasteiger partial charge in [0.25, 0.3) is 0 Å². The number of anilines is 2. The molecule has 2 aromatic carbocycles. The zero-order chi connectivity index (χ0) is 22.1. The highest BCUT2D eigenvalue weighted by molar-refractivity contribution is 5.90. The zero-order valence-corrected chi connectivity index (χ0v) is 17.5. The van der Waals surface area contributed by atoms with E-state index in [1.54, 1.807) is 12.1 Å². The normalized spacial score (nSPS) is 14.8. The molecule has 1 aliphatic carbocycles. The van der Waals surface area contributed by atoms with Crippen LogP contribution in [0.3, 0.4) is 0 Å². The molecule has 0 aliphatic heterocycles. The van der Waals surface area contributed by atoms with E-state index in [9.17, 15) is 18.0 Å². The maximum atomic E-state index is 12.2. The van der Waals surface area contributed by atoms with E-state index >= 15 is 0 Å². The summed E-state index contributed by atoms with van der Waals surface area (Å²) in [6.07, 6.45) is 4.55. The summed E-state index contributed by atoms with van der Waals surface area (Å²) in [4.78, 5) is 12.2. The van der Waals surface area contributed by atoms with E-state index in [0.29, 0.717) is 13.0 Å². The van der Waals surface area contributed by atoms with Crippen LogP contribution in [0.5, 0.6) is 5.75 Å². The minimum atomic E-state index is -4.69. The van der Waals surface area contributed by atoms with Crippen LogP contribution >= 0.6 is 0 Å². The Kier molecular flexibility index (Phi) is 8.20. The first-order valence-electron chi connectivity index (χ1n) is 10.9. The van der Waals surface area contributed by atoms with Gasteiger partial charge >= 0.3 is 6.36 Å². The maximum Gasteiger partial charge on any atom is 0.573 e. The molecule has 31 heavy (non-hydrogen) atoms. The predicted molar refractivity (Wildman–Crippen MR) is 116 cm³/mol. The Balaban J connectivity index is 1.38. The van der Waals surface area contributed by atoms with Crippen molar-refractivity contribution in [2.24, 2.45) is 5.92 Å². The summed E-state index contributed by atoms with van der Waals surface area (Å²) in [6.45, 7) is 0.458. The molecule has 0 heterocycles. The maximum absolute atomic E-state index is 12.2. The number of carbonyl (C=O) groups excluding carboxylic acids is 1. The number of rotatable bonds is 9. The van der Waals surface area contributed by atoms with E-state index in [0.717, 1.165) is 35.7 Å². The predicted octanol–water partition coefficient (Wildman–Crippen LogP) is 6.89. The molecule has 4 nitrogen and oxygen atoms in total. The summed E-state index contributed by atoms with van der Waals surface area (Å²) in [5.74, 6) is 0.591. The van der Waals surface area contributed by atoms with E-state index in [-0.39, 0.29) is 11.7 Å². The molecule has 1 aliphatic rings. The third kappa shape index (κ3) is 8.52. The lowest BCUT2D eigenvalue weighted by Crippen LogP contribution is -2.17. The fourth-order valence-corrected chi connectivity index (χ4v) is 3.94. The van der Waals surface area contributed by atoms with Gasteiger partial charge in [0.05, 0.1) is 0 Å². The fraction of sp³-hybridized carbons (Fsp3) is 0.458. The quantitative estimate of drug-likeness (QED) is 0.452. The third-order valence-corrected chi connectivity index (χ3v) is 5.56. The number of nitrogens with one attached hydrogen (secondary N) is 2. The monoisotopic (exact) mass is 434 g/mol. The van der Waals surface area contributed by atoms with Crippen molar-refractivity contribution >= 4 is 17.3 Å². The van der Waals surface area contributed by atoms with Crippen LogP contribution in [0, 0.1) is 5.92 Å². The molecule has 0 unspecified atom stereocenters. The van der Waals surface area contributed by atoms with Crippen LogP contribution in [-0.2, 0) is 11.3 Å². The van der Waals surface area contributed by atoms with E-state index in [4.69, 9.17) is 0 Å². The molecule has 1 fully saturated rings. The van der Waals surface area contributed by atoms with E-state index in [1.807, 2.05) is 24.3 Å². The number of carbonyl (C=O) groups is 1. The van der Waals surface area contributed by atoms with Crippen molar-refractivity contribution in [3.63, 3.8) is 0 Å². The first kappa shape index (κ1) is 23.0. The van der Waals surface area contributed by atoms with Gasteiger partial charge in [0, 0.05) is 24.3 Å². The molecule has 0 saturated heterocycles. The lowest BCUT2D eigenvalue weighted by atomic mass is 9.86. The molecule has 168 valence electrons. The van der Waals surface area contributed by atoms with E-state index < -0.39 is 6.36 Å². The number of benzene rings is 2. The van der Waals surface area contributed by atoms with Crippen LogP contribution in [0.4, 0.5) is 24.5 Å². The molecule has 0 atom stereocenters. The first-order chi connectivity index (χ1) is 14.9. The van der Waals surface area contributed by atoms with Gasteiger partial charge in [-0.3, -0.25) is 4.79 Å². The molecule has 2 N–H and O–H groups in total. The van der Waals surface area contributed by atoms with Crippen molar-refractivity contribution in [3.05, 3.63) is 54.1 Å². The second-order valence-electron chi connectivity index (χ2n) is 8.07. The summed E-state index contributed by atoms with van der Waals surface area (Å²) < 4.78 is 40.5. The van der Waals surface area contributed by atoms with E-state index in [1.165, 1.54) is 44.2 Å². The van der Waals surface area contributed by atoms with Crippen LogP contribution in [0.1, 0.15) is 56.9 Å². The Bertz CT molecular complexity index is 814. The van der Waals surface area contributed by atoms with Crippen molar-refractivity contribution in [2.45, 2.75) is 64.3 Å². The minimum Gasteiger partial charge on any atom is -0.406 e. The lowest BCUT2D eigenvalue weighted by molar-refractivity contribution is -0.274. The topological polar surface area (TPSA) is 50.4 Å². The zero-order valence-electron chi connectivity index (χ0n) is 17.5. The standard InChI is InChI=1S/C24H29F3N2O2/c25-24(26,27)31-22-15-9-19(10-16-22)17-28-20-11-13-21(14-12-20)29-23(30)8-4-7-18-5-2-1-3-6-18/h9-16,18,28H,1-8,17H2,(H,29,30). The van der Waals surface area contributed by atoms with Crippen LogP contribution < -0.4 is 15.4 Å². The van der Waals surface area contributed by atoms with Crippen molar-refractivity contribution in [1.29, 1.82) is 0 Å².